The molecular weight excluding hydrogens is 216 g/mol. The number of hydrogen-bond acceptors (Lipinski definition) is 3. The first-order valence-corrected chi connectivity index (χ1v) is 5.08. The molecule has 0 saturated heterocycles. The van der Waals surface area contributed by atoms with Crippen LogP contribution in [0, 0.1) is 0 Å². The summed E-state index contributed by atoms with van der Waals surface area (Å²) in [6.45, 7) is 0. The molecule has 2 aromatic rings. The zero-order valence-corrected chi connectivity index (χ0v) is 8.96. The van der Waals surface area contributed by atoms with Crippen LogP contribution in [-0.2, 0) is 0 Å². The van der Waals surface area contributed by atoms with E-state index < -0.39 is 0 Å². The summed E-state index contributed by atoms with van der Waals surface area (Å²) in [4.78, 5) is 21.5. The zero-order valence-electron chi connectivity index (χ0n) is 8.96. The van der Waals surface area contributed by atoms with E-state index in [2.05, 4.69) is 0 Å². The van der Waals surface area contributed by atoms with Crippen LogP contribution in [0.3, 0.4) is 0 Å². The average molecular weight is 226 g/mol. The van der Waals surface area contributed by atoms with Gasteiger partial charge in [-0.1, -0.05) is 24.3 Å². The first-order chi connectivity index (χ1) is 8.24. The Morgan fingerprint density at radius 3 is 1.94 bits per heavy atom. The number of hydrogen-bond donors (Lipinski definition) is 1. The minimum atomic E-state index is 0.189. The van der Waals surface area contributed by atoms with E-state index in [4.69, 9.17) is 0 Å². The van der Waals surface area contributed by atoms with Crippen LogP contribution in [-0.4, -0.2) is 17.7 Å². The van der Waals surface area contributed by atoms with Gasteiger partial charge in [-0.3, -0.25) is 9.59 Å². The highest BCUT2D eigenvalue weighted by Crippen LogP contribution is 2.23. The molecule has 84 valence electrons. The number of benzene rings is 2. The van der Waals surface area contributed by atoms with Crippen molar-refractivity contribution < 1.29 is 14.7 Å². The van der Waals surface area contributed by atoms with Crippen molar-refractivity contribution in [2.45, 2.75) is 0 Å². The standard InChI is InChI=1S/C14H10O3/c15-8-12-2-1-11(7-13(12)9-16)10-3-5-14(17)6-4-10/h1-9,17H. The Bertz CT molecular complexity index is 556. The van der Waals surface area contributed by atoms with E-state index in [9.17, 15) is 14.7 Å². The third kappa shape index (κ3) is 2.23. The first kappa shape index (κ1) is 11.1. The van der Waals surface area contributed by atoms with E-state index >= 15 is 0 Å². The SMILES string of the molecule is O=Cc1ccc(-c2ccc(O)cc2)cc1C=O. The second kappa shape index (κ2) is 4.61. The van der Waals surface area contributed by atoms with Crippen LogP contribution in [0.2, 0.25) is 0 Å². The van der Waals surface area contributed by atoms with E-state index in [0.29, 0.717) is 23.7 Å². The van der Waals surface area contributed by atoms with Gasteiger partial charge in [0.15, 0.2) is 12.6 Å². The van der Waals surface area contributed by atoms with Gasteiger partial charge in [-0.25, -0.2) is 0 Å². The van der Waals surface area contributed by atoms with Gasteiger partial charge in [0, 0.05) is 11.1 Å². The van der Waals surface area contributed by atoms with Crippen LogP contribution < -0.4 is 0 Å². The molecular formula is C14H10O3. The average Bonchev–Trinajstić information content (AvgIpc) is 2.39. The number of phenolic OH excluding ortho intramolecular Hbond substituents is 1. The molecule has 0 heterocycles. The third-order valence-corrected chi connectivity index (χ3v) is 2.54. The molecule has 17 heavy (non-hydrogen) atoms. The third-order valence-electron chi connectivity index (χ3n) is 2.54. The molecule has 0 spiro atoms. The number of phenols is 1. The minimum Gasteiger partial charge on any atom is -0.508 e. The van der Waals surface area contributed by atoms with Gasteiger partial charge in [-0.15, -0.1) is 0 Å². The van der Waals surface area contributed by atoms with Crippen LogP contribution in [0.4, 0.5) is 0 Å². The molecule has 0 fully saturated rings. The van der Waals surface area contributed by atoms with Gasteiger partial charge in [0.05, 0.1) is 0 Å². The van der Waals surface area contributed by atoms with Crippen LogP contribution in [0.25, 0.3) is 11.1 Å². The topological polar surface area (TPSA) is 54.4 Å². The second-order valence-corrected chi connectivity index (χ2v) is 3.63. The van der Waals surface area contributed by atoms with E-state index in [1.54, 1.807) is 42.5 Å². The summed E-state index contributed by atoms with van der Waals surface area (Å²) < 4.78 is 0. The van der Waals surface area contributed by atoms with Crippen LogP contribution in [0.5, 0.6) is 5.75 Å². The van der Waals surface area contributed by atoms with Gasteiger partial charge in [0.25, 0.3) is 0 Å². The van der Waals surface area contributed by atoms with E-state index in [1.165, 1.54) is 0 Å². The van der Waals surface area contributed by atoms with Crippen LogP contribution in [0.1, 0.15) is 20.7 Å². The van der Waals surface area contributed by atoms with Crippen molar-refractivity contribution in [1.82, 2.24) is 0 Å². The Balaban J connectivity index is 2.49. The lowest BCUT2D eigenvalue weighted by atomic mass is 10.0. The highest BCUT2D eigenvalue weighted by molar-refractivity contribution is 5.92. The summed E-state index contributed by atoms with van der Waals surface area (Å²) in [7, 11) is 0. The summed E-state index contributed by atoms with van der Waals surface area (Å²) in [5.41, 5.74) is 2.45. The lowest BCUT2D eigenvalue weighted by Crippen LogP contribution is -1.91. The van der Waals surface area contributed by atoms with Crippen molar-refractivity contribution in [3.05, 3.63) is 53.6 Å². The van der Waals surface area contributed by atoms with E-state index in [1.807, 2.05) is 0 Å². The molecule has 2 aromatic carbocycles. The number of aromatic hydroxyl groups is 1. The number of carbonyl (C=O) groups excluding carboxylic acids is 2. The Hall–Kier alpha value is -2.42. The maximum Gasteiger partial charge on any atom is 0.150 e. The quantitative estimate of drug-likeness (QED) is 0.818. The highest BCUT2D eigenvalue weighted by atomic mass is 16.3. The molecule has 0 aromatic heterocycles. The fraction of sp³-hybridized carbons (Fsp3) is 0. The van der Waals surface area contributed by atoms with Gasteiger partial charge >= 0.3 is 0 Å². The monoisotopic (exact) mass is 226 g/mol. The molecule has 3 heteroatoms. The van der Waals surface area contributed by atoms with Crippen molar-refractivity contribution in [2.24, 2.45) is 0 Å². The zero-order chi connectivity index (χ0) is 12.3. The number of carbonyl (C=O) groups is 2. The number of rotatable bonds is 3. The predicted molar refractivity (Wildman–Crippen MR) is 64.3 cm³/mol. The first-order valence-electron chi connectivity index (χ1n) is 5.08. The van der Waals surface area contributed by atoms with Gasteiger partial charge in [0.2, 0.25) is 0 Å². The maximum absolute atomic E-state index is 10.8. The Kier molecular flexibility index (Phi) is 3.01. The van der Waals surface area contributed by atoms with Crippen molar-refractivity contribution in [2.75, 3.05) is 0 Å². The fourth-order valence-electron chi connectivity index (χ4n) is 1.62. The van der Waals surface area contributed by atoms with Gasteiger partial charge in [-0.2, -0.15) is 0 Å². The fourth-order valence-corrected chi connectivity index (χ4v) is 1.62. The van der Waals surface area contributed by atoms with Gasteiger partial charge in [0.1, 0.15) is 5.75 Å². The molecule has 0 aliphatic carbocycles. The Morgan fingerprint density at radius 1 is 0.765 bits per heavy atom. The van der Waals surface area contributed by atoms with Crippen molar-refractivity contribution in [3.63, 3.8) is 0 Å². The molecule has 0 aliphatic rings. The second-order valence-electron chi connectivity index (χ2n) is 3.63. The summed E-state index contributed by atoms with van der Waals surface area (Å²) in [5.74, 6) is 0.189. The Morgan fingerprint density at radius 2 is 1.35 bits per heavy atom. The number of aldehydes is 2. The molecule has 0 amide bonds. The summed E-state index contributed by atoms with van der Waals surface area (Å²) in [5, 5.41) is 9.18. The molecule has 1 N–H and O–H groups in total. The highest BCUT2D eigenvalue weighted by Gasteiger charge is 2.04. The van der Waals surface area contributed by atoms with E-state index in [-0.39, 0.29) is 5.75 Å². The molecule has 0 aliphatic heterocycles. The van der Waals surface area contributed by atoms with Crippen molar-refractivity contribution >= 4 is 12.6 Å². The largest absolute Gasteiger partial charge is 0.508 e. The molecule has 3 nitrogen and oxygen atoms in total. The molecule has 0 radical (unpaired) electrons. The lowest BCUT2D eigenvalue weighted by Gasteiger charge is -2.04. The summed E-state index contributed by atoms with van der Waals surface area (Å²) in [6.07, 6.45) is 1.32. The van der Waals surface area contributed by atoms with E-state index in [0.717, 1.165) is 11.1 Å². The summed E-state index contributed by atoms with van der Waals surface area (Å²) >= 11 is 0. The van der Waals surface area contributed by atoms with Gasteiger partial charge < -0.3 is 5.11 Å². The molecule has 0 atom stereocenters. The summed E-state index contributed by atoms with van der Waals surface area (Å²) in [6, 6.07) is 11.7. The van der Waals surface area contributed by atoms with Crippen molar-refractivity contribution in [3.8, 4) is 16.9 Å². The molecule has 0 bridgehead atoms. The molecule has 2 rings (SSSR count). The van der Waals surface area contributed by atoms with Crippen molar-refractivity contribution in [1.29, 1.82) is 0 Å². The maximum atomic E-state index is 10.8. The predicted octanol–water partition coefficient (Wildman–Crippen LogP) is 2.68. The van der Waals surface area contributed by atoms with Gasteiger partial charge in [-0.05, 0) is 29.3 Å². The smallest absolute Gasteiger partial charge is 0.150 e. The molecule has 0 saturated carbocycles. The normalized spacial score (nSPS) is 9.88. The minimum absolute atomic E-state index is 0.189. The molecule has 0 unspecified atom stereocenters. The Labute approximate surface area is 98.3 Å². The van der Waals surface area contributed by atoms with Crippen LogP contribution in [0.15, 0.2) is 42.5 Å². The lowest BCUT2D eigenvalue weighted by molar-refractivity contribution is 0.109. The van der Waals surface area contributed by atoms with Crippen LogP contribution >= 0.6 is 0 Å².